The van der Waals surface area contributed by atoms with Gasteiger partial charge in [0, 0.05) is 13.0 Å². The van der Waals surface area contributed by atoms with Crippen molar-refractivity contribution < 1.29 is 18.0 Å². The smallest absolute Gasteiger partial charge is 0.262 e. The van der Waals surface area contributed by atoms with Gasteiger partial charge in [0.15, 0.2) is 0 Å². The maximum Gasteiger partial charge on any atom is 0.262 e. The monoisotopic (exact) mass is 243 g/mol. The van der Waals surface area contributed by atoms with Gasteiger partial charge >= 0.3 is 0 Å². The summed E-state index contributed by atoms with van der Waals surface area (Å²) in [4.78, 5) is 7.36. The highest BCUT2D eigenvalue weighted by Crippen LogP contribution is 2.10. The molecule has 1 aromatic rings. The van der Waals surface area contributed by atoms with Gasteiger partial charge in [0.2, 0.25) is 0 Å². The van der Waals surface area contributed by atoms with Gasteiger partial charge in [-0.1, -0.05) is 23.1 Å². The van der Waals surface area contributed by atoms with Crippen molar-refractivity contribution in [2.45, 2.75) is 17.4 Å². The van der Waals surface area contributed by atoms with Gasteiger partial charge in [-0.2, -0.15) is 0 Å². The third-order valence-electron chi connectivity index (χ3n) is 2.27. The van der Waals surface area contributed by atoms with Gasteiger partial charge in [-0.05, 0) is 12.1 Å². The third kappa shape index (κ3) is 2.79. The fourth-order valence-electron chi connectivity index (χ4n) is 1.38. The molecule has 1 aliphatic heterocycles. The van der Waals surface area contributed by atoms with Crippen molar-refractivity contribution in [2.24, 2.45) is 0 Å². The molecule has 0 radical (unpaired) electrons. The Balaban J connectivity index is 1.98. The molecule has 5 nitrogen and oxygen atoms in total. The van der Waals surface area contributed by atoms with Gasteiger partial charge < -0.3 is 4.74 Å². The molecule has 1 aromatic carbocycles. The van der Waals surface area contributed by atoms with Gasteiger partial charge in [-0.25, -0.2) is 8.42 Å². The lowest BCUT2D eigenvalue weighted by molar-refractivity contribution is 0.0113. The maximum absolute atomic E-state index is 11.7. The SMILES string of the molecule is O=S(=O)(NOC1CCOC1)c1ccccc1. The van der Waals surface area contributed by atoms with E-state index in [4.69, 9.17) is 9.57 Å². The third-order valence-corrected chi connectivity index (χ3v) is 3.47. The maximum atomic E-state index is 11.7. The Morgan fingerprint density at radius 3 is 2.69 bits per heavy atom. The second-order valence-electron chi connectivity index (χ2n) is 3.50. The Labute approximate surface area is 94.4 Å². The summed E-state index contributed by atoms with van der Waals surface area (Å²) >= 11 is 0. The quantitative estimate of drug-likeness (QED) is 0.790. The van der Waals surface area contributed by atoms with Gasteiger partial charge in [0.05, 0.1) is 11.5 Å². The predicted molar refractivity (Wildman–Crippen MR) is 57.1 cm³/mol. The highest BCUT2D eigenvalue weighted by molar-refractivity contribution is 7.89. The Morgan fingerprint density at radius 2 is 2.06 bits per heavy atom. The van der Waals surface area contributed by atoms with Crippen LogP contribution in [-0.4, -0.2) is 27.7 Å². The van der Waals surface area contributed by atoms with Crippen molar-refractivity contribution >= 4 is 10.0 Å². The highest BCUT2D eigenvalue weighted by Gasteiger charge is 2.20. The standard InChI is InChI=1S/C10H13NO4S/c12-16(13,10-4-2-1-3-5-10)11-15-9-6-7-14-8-9/h1-5,9,11H,6-8H2. The van der Waals surface area contributed by atoms with Crippen LogP contribution in [0.4, 0.5) is 0 Å². The van der Waals surface area contributed by atoms with E-state index in [2.05, 4.69) is 4.89 Å². The largest absolute Gasteiger partial charge is 0.379 e. The van der Waals surface area contributed by atoms with Crippen LogP contribution < -0.4 is 4.89 Å². The van der Waals surface area contributed by atoms with E-state index in [-0.39, 0.29) is 11.0 Å². The van der Waals surface area contributed by atoms with Gasteiger partial charge in [-0.15, -0.1) is 0 Å². The van der Waals surface area contributed by atoms with Crippen LogP contribution in [0.1, 0.15) is 6.42 Å². The summed E-state index contributed by atoms with van der Waals surface area (Å²) in [6, 6.07) is 8.10. The molecule has 1 N–H and O–H groups in total. The fraction of sp³-hybridized carbons (Fsp3) is 0.400. The zero-order chi connectivity index (χ0) is 11.4. The summed E-state index contributed by atoms with van der Waals surface area (Å²) in [7, 11) is -3.58. The van der Waals surface area contributed by atoms with E-state index in [1.165, 1.54) is 12.1 Å². The summed E-state index contributed by atoms with van der Waals surface area (Å²) in [5.41, 5.74) is 0. The number of rotatable bonds is 4. The first-order chi connectivity index (χ1) is 7.68. The van der Waals surface area contributed by atoms with E-state index in [1.807, 2.05) is 0 Å². The first-order valence-electron chi connectivity index (χ1n) is 4.99. The Kier molecular flexibility index (Phi) is 3.55. The number of ether oxygens (including phenoxy) is 1. The second-order valence-corrected chi connectivity index (χ2v) is 5.15. The summed E-state index contributed by atoms with van der Waals surface area (Å²) in [6.45, 7) is 1.04. The Bertz CT molecular complexity index is 425. The first-order valence-corrected chi connectivity index (χ1v) is 6.47. The Hall–Kier alpha value is -0.950. The van der Waals surface area contributed by atoms with E-state index in [9.17, 15) is 8.42 Å². The first kappa shape index (κ1) is 11.5. The molecule has 0 spiro atoms. The second kappa shape index (κ2) is 4.92. The molecule has 0 amide bonds. The molecule has 1 heterocycles. The van der Waals surface area contributed by atoms with Crippen LogP contribution in [0.2, 0.25) is 0 Å². The predicted octanol–water partition coefficient (Wildman–Crippen LogP) is 0.685. The fourth-order valence-corrected chi connectivity index (χ4v) is 2.26. The molecule has 1 aliphatic rings. The minimum absolute atomic E-state index is 0.189. The van der Waals surface area contributed by atoms with Crippen LogP contribution in [0.5, 0.6) is 0 Å². The van der Waals surface area contributed by atoms with Crippen LogP contribution in [0, 0.1) is 0 Å². The van der Waals surface area contributed by atoms with Gasteiger partial charge in [-0.3, -0.25) is 4.84 Å². The molecule has 0 bridgehead atoms. The van der Waals surface area contributed by atoms with Crippen molar-refractivity contribution in [3.63, 3.8) is 0 Å². The molecule has 1 atom stereocenters. The van der Waals surface area contributed by atoms with Crippen LogP contribution >= 0.6 is 0 Å². The molecule has 6 heteroatoms. The number of hydrogen-bond acceptors (Lipinski definition) is 4. The lowest BCUT2D eigenvalue weighted by atomic mass is 10.3. The summed E-state index contributed by atoms with van der Waals surface area (Å²) in [5, 5.41) is 0. The molecule has 2 rings (SSSR count). The molecular formula is C10H13NO4S. The average molecular weight is 243 g/mol. The molecular weight excluding hydrogens is 230 g/mol. The minimum Gasteiger partial charge on any atom is -0.379 e. The van der Waals surface area contributed by atoms with E-state index in [0.717, 1.165) is 0 Å². The van der Waals surface area contributed by atoms with Crippen molar-refractivity contribution in [2.75, 3.05) is 13.2 Å². The van der Waals surface area contributed by atoms with E-state index >= 15 is 0 Å². The summed E-state index contributed by atoms with van der Waals surface area (Å²) < 4.78 is 28.5. The molecule has 0 aromatic heterocycles. The Morgan fingerprint density at radius 1 is 1.31 bits per heavy atom. The molecule has 1 fully saturated rings. The van der Waals surface area contributed by atoms with E-state index < -0.39 is 10.0 Å². The normalized spacial score (nSPS) is 21.1. The van der Waals surface area contributed by atoms with Gasteiger partial charge in [0.25, 0.3) is 10.0 Å². The summed E-state index contributed by atoms with van der Waals surface area (Å²) in [6.07, 6.45) is 0.510. The average Bonchev–Trinajstić information content (AvgIpc) is 2.81. The van der Waals surface area contributed by atoms with E-state index in [1.54, 1.807) is 18.2 Å². The van der Waals surface area contributed by atoms with E-state index in [0.29, 0.717) is 19.6 Å². The molecule has 1 unspecified atom stereocenters. The zero-order valence-electron chi connectivity index (χ0n) is 8.63. The molecule has 88 valence electrons. The summed E-state index contributed by atoms with van der Waals surface area (Å²) in [5.74, 6) is 0. The van der Waals surface area contributed by atoms with Gasteiger partial charge in [0.1, 0.15) is 6.10 Å². The van der Waals surface area contributed by atoms with Crippen LogP contribution in [-0.2, 0) is 19.6 Å². The minimum atomic E-state index is -3.58. The molecule has 0 saturated carbocycles. The van der Waals surface area contributed by atoms with Crippen LogP contribution in [0.15, 0.2) is 35.2 Å². The highest BCUT2D eigenvalue weighted by atomic mass is 32.2. The zero-order valence-corrected chi connectivity index (χ0v) is 9.44. The van der Waals surface area contributed by atoms with Crippen molar-refractivity contribution in [1.82, 2.24) is 4.89 Å². The van der Waals surface area contributed by atoms with Crippen LogP contribution in [0.3, 0.4) is 0 Å². The van der Waals surface area contributed by atoms with Crippen LogP contribution in [0.25, 0.3) is 0 Å². The number of benzene rings is 1. The lowest BCUT2D eigenvalue weighted by Gasteiger charge is -2.10. The molecule has 1 saturated heterocycles. The molecule has 16 heavy (non-hydrogen) atoms. The lowest BCUT2D eigenvalue weighted by Crippen LogP contribution is -2.29. The van der Waals surface area contributed by atoms with Crippen molar-refractivity contribution in [1.29, 1.82) is 0 Å². The van der Waals surface area contributed by atoms with Crippen molar-refractivity contribution in [3.8, 4) is 0 Å². The number of hydrogen-bond donors (Lipinski definition) is 1. The number of sulfonamides is 1. The number of nitrogens with one attached hydrogen (secondary N) is 1. The topological polar surface area (TPSA) is 64.6 Å². The molecule has 0 aliphatic carbocycles. The van der Waals surface area contributed by atoms with Crippen molar-refractivity contribution in [3.05, 3.63) is 30.3 Å².